The van der Waals surface area contributed by atoms with Gasteiger partial charge in [-0.05, 0) is 37.1 Å². The molecule has 1 aliphatic heterocycles. The van der Waals surface area contributed by atoms with Crippen molar-refractivity contribution < 1.29 is 9.18 Å². The molecule has 8 nitrogen and oxygen atoms in total. The van der Waals surface area contributed by atoms with Gasteiger partial charge in [-0.2, -0.15) is 0 Å². The Bertz CT molecular complexity index is 1360. The van der Waals surface area contributed by atoms with Gasteiger partial charge in [0, 0.05) is 35.2 Å². The molecule has 1 saturated heterocycles. The third kappa shape index (κ3) is 4.11. The van der Waals surface area contributed by atoms with E-state index >= 15 is 0 Å². The maximum absolute atomic E-state index is 14.2. The van der Waals surface area contributed by atoms with Gasteiger partial charge in [0.1, 0.15) is 11.6 Å². The maximum Gasteiger partial charge on any atom is 0.281 e. The summed E-state index contributed by atoms with van der Waals surface area (Å²) in [6.45, 7) is 1.12. The fourth-order valence-corrected chi connectivity index (χ4v) is 4.36. The summed E-state index contributed by atoms with van der Waals surface area (Å²) in [7, 11) is 0. The second-order valence-corrected chi connectivity index (χ2v) is 8.41. The van der Waals surface area contributed by atoms with Gasteiger partial charge < -0.3 is 9.88 Å². The molecule has 0 unspecified atom stereocenters. The van der Waals surface area contributed by atoms with Crippen LogP contribution in [-0.4, -0.2) is 48.9 Å². The molecular formula is C23H20ClFN6O2. The minimum Gasteiger partial charge on any atom is -0.339 e. The fourth-order valence-electron chi connectivity index (χ4n) is 4.14. The number of halogens is 2. The van der Waals surface area contributed by atoms with Crippen LogP contribution < -0.4 is 5.56 Å². The Balaban J connectivity index is 1.38. The van der Waals surface area contributed by atoms with E-state index in [1.54, 1.807) is 18.2 Å². The zero-order valence-electron chi connectivity index (χ0n) is 17.5. The van der Waals surface area contributed by atoms with Crippen LogP contribution in [0.25, 0.3) is 11.2 Å². The highest BCUT2D eigenvalue weighted by atomic mass is 35.5. The van der Waals surface area contributed by atoms with Crippen molar-refractivity contribution in [2.75, 3.05) is 13.1 Å². The molecule has 1 fully saturated rings. The number of amides is 1. The molecule has 2 aromatic heterocycles. The Kier molecular flexibility index (Phi) is 5.63. The predicted molar refractivity (Wildman–Crippen MR) is 121 cm³/mol. The van der Waals surface area contributed by atoms with E-state index < -0.39 is 11.4 Å². The molecule has 0 saturated carbocycles. The molecule has 33 heavy (non-hydrogen) atoms. The standard InChI is InChI=1S/C23H20ClFN6O2/c24-17-7-4-8-18(25)16(17)13-31-21-19(28-29-31)22(32)27-20(26-21)14-9-11-30(12-10-14)23(33)15-5-2-1-3-6-15/h1-8,14H,9-13H2,(H,26,27,32). The number of fused-ring (bicyclic) bond motifs is 1. The van der Waals surface area contributed by atoms with Crippen LogP contribution in [0.5, 0.6) is 0 Å². The predicted octanol–water partition coefficient (Wildman–Crippen LogP) is 3.38. The van der Waals surface area contributed by atoms with Crippen LogP contribution >= 0.6 is 11.6 Å². The van der Waals surface area contributed by atoms with Crippen LogP contribution in [0.15, 0.2) is 53.3 Å². The molecule has 3 heterocycles. The van der Waals surface area contributed by atoms with Gasteiger partial charge in [0.25, 0.3) is 11.5 Å². The molecule has 0 spiro atoms. The molecule has 1 aliphatic rings. The Hall–Kier alpha value is -3.59. The molecule has 1 N–H and O–H groups in total. The van der Waals surface area contributed by atoms with E-state index in [-0.39, 0.29) is 40.1 Å². The molecule has 0 bridgehead atoms. The molecule has 0 aliphatic carbocycles. The van der Waals surface area contributed by atoms with Crippen molar-refractivity contribution in [3.8, 4) is 0 Å². The number of carbonyl (C=O) groups excluding carboxylic acids is 1. The van der Waals surface area contributed by atoms with E-state index in [9.17, 15) is 14.0 Å². The van der Waals surface area contributed by atoms with Gasteiger partial charge in [-0.3, -0.25) is 9.59 Å². The average molecular weight is 467 g/mol. The summed E-state index contributed by atoms with van der Waals surface area (Å²) in [5.41, 5.74) is 0.871. The van der Waals surface area contributed by atoms with Crippen LogP contribution in [0.2, 0.25) is 5.02 Å². The number of nitrogens with zero attached hydrogens (tertiary/aromatic N) is 5. The first-order valence-electron chi connectivity index (χ1n) is 10.6. The van der Waals surface area contributed by atoms with Crippen molar-refractivity contribution in [1.82, 2.24) is 29.9 Å². The fraction of sp³-hybridized carbons (Fsp3) is 0.261. The summed E-state index contributed by atoms with van der Waals surface area (Å²) < 4.78 is 15.6. The van der Waals surface area contributed by atoms with Gasteiger partial charge >= 0.3 is 0 Å². The van der Waals surface area contributed by atoms with Crippen molar-refractivity contribution >= 4 is 28.7 Å². The van der Waals surface area contributed by atoms with Crippen LogP contribution in [0.1, 0.15) is 40.5 Å². The lowest BCUT2D eigenvalue weighted by Crippen LogP contribution is -2.38. The number of H-pyrrole nitrogens is 1. The summed E-state index contributed by atoms with van der Waals surface area (Å²) in [4.78, 5) is 34.6. The minimum atomic E-state index is -0.466. The van der Waals surface area contributed by atoms with Gasteiger partial charge in [-0.25, -0.2) is 14.1 Å². The molecule has 5 rings (SSSR count). The number of carbonyl (C=O) groups is 1. The lowest BCUT2D eigenvalue weighted by molar-refractivity contribution is 0.0711. The van der Waals surface area contributed by atoms with E-state index in [1.165, 1.54) is 16.8 Å². The van der Waals surface area contributed by atoms with Gasteiger partial charge in [-0.15, -0.1) is 5.10 Å². The zero-order valence-corrected chi connectivity index (χ0v) is 18.3. The number of aromatic nitrogens is 5. The Morgan fingerprint density at radius 1 is 1.12 bits per heavy atom. The van der Waals surface area contributed by atoms with E-state index in [0.717, 1.165) is 0 Å². The number of hydrogen-bond donors (Lipinski definition) is 1. The molecule has 10 heteroatoms. The van der Waals surface area contributed by atoms with Crippen LogP contribution in [0, 0.1) is 5.82 Å². The van der Waals surface area contributed by atoms with E-state index in [4.69, 9.17) is 11.6 Å². The summed E-state index contributed by atoms with van der Waals surface area (Å²) in [6, 6.07) is 13.6. The van der Waals surface area contributed by atoms with E-state index in [2.05, 4.69) is 20.3 Å². The first-order valence-corrected chi connectivity index (χ1v) is 11.0. The summed E-state index contributed by atoms with van der Waals surface area (Å²) in [5.74, 6) is 0.0199. The molecule has 0 atom stereocenters. The highest BCUT2D eigenvalue weighted by Crippen LogP contribution is 2.27. The smallest absolute Gasteiger partial charge is 0.281 e. The maximum atomic E-state index is 14.2. The number of likely N-dealkylation sites (tertiary alicyclic amines) is 1. The highest BCUT2D eigenvalue weighted by Gasteiger charge is 2.27. The molecule has 0 radical (unpaired) electrons. The Morgan fingerprint density at radius 2 is 1.88 bits per heavy atom. The highest BCUT2D eigenvalue weighted by molar-refractivity contribution is 6.31. The molecular weight excluding hydrogens is 447 g/mol. The lowest BCUT2D eigenvalue weighted by Gasteiger charge is -2.31. The van der Waals surface area contributed by atoms with Crippen LogP contribution in [0.3, 0.4) is 0 Å². The summed E-state index contributed by atoms with van der Waals surface area (Å²) in [5, 5.41) is 8.17. The second kappa shape index (κ2) is 8.74. The van der Waals surface area contributed by atoms with Crippen molar-refractivity contribution in [1.29, 1.82) is 0 Å². The topological polar surface area (TPSA) is 96.8 Å². The SMILES string of the molecule is O=C(c1ccccc1)N1CCC(c2nc3c(nnn3Cc3c(F)cccc3Cl)c(=O)[nH]2)CC1. The van der Waals surface area contributed by atoms with Gasteiger partial charge in [0.05, 0.1) is 6.54 Å². The summed E-state index contributed by atoms with van der Waals surface area (Å²) >= 11 is 6.14. The number of rotatable bonds is 4. The Labute approximate surface area is 193 Å². The number of aromatic amines is 1. The third-order valence-corrected chi connectivity index (χ3v) is 6.31. The second-order valence-electron chi connectivity index (χ2n) is 8.00. The number of hydrogen-bond acceptors (Lipinski definition) is 5. The van der Waals surface area contributed by atoms with Crippen molar-refractivity contribution in [3.05, 3.63) is 86.7 Å². The number of benzene rings is 2. The van der Waals surface area contributed by atoms with Crippen molar-refractivity contribution in [2.45, 2.75) is 25.3 Å². The first-order chi connectivity index (χ1) is 16.0. The van der Waals surface area contributed by atoms with E-state index in [1.807, 2.05) is 23.1 Å². The Morgan fingerprint density at radius 3 is 2.61 bits per heavy atom. The molecule has 2 aromatic carbocycles. The van der Waals surface area contributed by atoms with Gasteiger partial charge in [0.15, 0.2) is 11.2 Å². The number of piperidine rings is 1. The van der Waals surface area contributed by atoms with Gasteiger partial charge in [-0.1, -0.05) is 41.1 Å². The zero-order chi connectivity index (χ0) is 22.9. The third-order valence-electron chi connectivity index (χ3n) is 5.95. The summed E-state index contributed by atoms with van der Waals surface area (Å²) in [6.07, 6.45) is 1.32. The average Bonchev–Trinajstić information content (AvgIpc) is 3.25. The lowest BCUT2D eigenvalue weighted by atomic mass is 9.95. The van der Waals surface area contributed by atoms with Gasteiger partial charge in [0.2, 0.25) is 0 Å². The van der Waals surface area contributed by atoms with Crippen LogP contribution in [-0.2, 0) is 6.54 Å². The minimum absolute atomic E-state index is 0.00191. The van der Waals surface area contributed by atoms with Crippen molar-refractivity contribution in [2.24, 2.45) is 0 Å². The van der Waals surface area contributed by atoms with E-state index in [0.29, 0.717) is 37.3 Å². The quantitative estimate of drug-likeness (QED) is 0.497. The largest absolute Gasteiger partial charge is 0.339 e. The molecule has 1 amide bonds. The van der Waals surface area contributed by atoms with Crippen LogP contribution in [0.4, 0.5) is 4.39 Å². The normalized spacial score (nSPS) is 14.7. The van der Waals surface area contributed by atoms with Crippen molar-refractivity contribution in [3.63, 3.8) is 0 Å². The molecule has 4 aromatic rings. The first kappa shape index (κ1) is 21.3. The number of nitrogens with one attached hydrogen (secondary N) is 1. The monoisotopic (exact) mass is 466 g/mol. The molecule has 168 valence electrons.